The molecule has 2 saturated heterocycles. The molecule has 39 heavy (non-hydrogen) atoms. The van der Waals surface area contributed by atoms with Crippen molar-refractivity contribution in [3.05, 3.63) is 63.9 Å². The molecule has 208 valence electrons. The third-order valence-electron chi connectivity index (χ3n) is 8.42. The van der Waals surface area contributed by atoms with E-state index in [0.717, 1.165) is 18.4 Å². The van der Waals surface area contributed by atoms with Crippen molar-refractivity contribution in [2.45, 2.75) is 44.6 Å². The number of amides is 3. The molecule has 1 aliphatic carbocycles. The number of hydrogen-bond acceptors (Lipinski definition) is 4. The minimum absolute atomic E-state index is 0.0348. The largest absolute Gasteiger partial charge is 0.415 e. The summed E-state index contributed by atoms with van der Waals surface area (Å²) in [5, 5.41) is 0.823. The summed E-state index contributed by atoms with van der Waals surface area (Å²) >= 11 is 12.5. The fourth-order valence-corrected chi connectivity index (χ4v) is 5.92. The smallest absolute Gasteiger partial charge is 0.410 e. The number of benzene rings is 2. The molecule has 3 amide bonds. The second-order valence-corrected chi connectivity index (χ2v) is 12.0. The highest BCUT2D eigenvalue weighted by molar-refractivity contribution is 6.42. The molecule has 0 aromatic heterocycles. The lowest BCUT2D eigenvalue weighted by molar-refractivity contribution is -0.142. The number of piperidine rings is 1. The maximum Gasteiger partial charge on any atom is 0.415 e. The van der Waals surface area contributed by atoms with Crippen molar-refractivity contribution >= 4 is 41.1 Å². The molecule has 7 nitrogen and oxygen atoms in total. The van der Waals surface area contributed by atoms with Crippen LogP contribution in [-0.2, 0) is 9.59 Å². The van der Waals surface area contributed by atoms with Gasteiger partial charge in [0.15, 0.2) is 0 Å². The van der Waals surface area contributed by atoms with Gasteiger partial charge >= 0.3 is 6.09 Å². The molecule has 5 rings (SSSR count). The molecule has 2 atom stereocenters. The van der Waals surface area contributed by atoms with E-state index in [0.29, 0.717) is 49.1 Å². The van der Waals surface area contributed by atoms with Crippen molar-refractivity contribution in [3.63, 3.8) is 0 Å². The molecule has 2 aromatic rings. The van der Waals surface area contributed by atoms with Gasteiger partial charge in [-0.25, -0.2) is 9.18 Å². The molecule has 3 fully saturated rings. The van der Waals surface area contributed by atoms with Crippen molar-refractivity contribution in [3.8, 4) is 5.75 Å². The summed E-state index contributed by atoms with van der Waals surface area (Å²) in [5.74, 6) is -0.351. The number of likely N-dealkylation sites (tertiary alicyclic amines) is 2. The Hall–Kier alpha value is -2.84. The van der Waals surface area contributed by atoms with Crippen molar-refractivity contribution < 1.29 is 23.5 Å². The van der Waals surface area contributed by atoms with Crippen LogP contribution in [-0.4, -0.2) is 71.9 Å². The van der Waals surface area contributed by atoms with Crippen molar-refractivity contribution in [1.29, 1.82) is 0 Å². The summed E-state index contributed by atoms with van der Waals surface area (Å²) < 4.78 is 18.8. The van der Waals surface area contributed by atoms with Gasteiger partial charge < -0.3 is 19.4 Å². The predicted octanol–water partition coefficient (Wildman–Crippen LogP) is 5.60. The number of nitrogens with zero attached hydrogens (tertiary/aromatic N) is 3. The molecule has 10 heteroatoms. The summed E-state index contributed by atoms with van der Waals surface area (Å²) in [5.41, 5.74) is 0.656. The lowest BCUT2D eigenvalue weighted by atomic mass is 9.93. The third kappa shape index (κ3) is 5.87. The van der Waals surface area contributed by atoms with Gasteiger partial charge in [-0.15, -0.1) is 0 Å². The molecule has 0 unspecified atom stereocenters. The molecule has 2 aliphatic heterocycles. The summed E-state index contributed by atoms with van der Waals surface area (Å²) in [6, 6.07) is 10.2. The van der Waals surface area contributed by atoms with Gasteiger partial charge in [-0.1, -0.05) is 36.2 Å². The first-order valence-corrected chi connectivity index (χ1v) is 14.0. The monoisotopic (exact) mass is 575 g/mol. The lowest BCUT2D eigenvalue weighted by Crippen LogP contribution is -2.46. The van der Waals surface area contributed by atoms with Crippen molar-refractivity contribution in [2.75, 3.05) is 33.2 Å². The van der Waals surface area contributed by atoms with Crippen LogP contribution in [0.4, 0.5) is 9.18 Å². The van der Waals surface area contributed by atoms with Gasteiger partial charge in [0.2, 0.25) is 11.8 Å². The molecule has 2 heterocycles. The Morgan fingerprint density at radius 1 is 0.974 bits per heavy atom. The van der Waals surface area contributed by atoms with Gasteiger partial charge in [-0.2, -0.15) is 0 Å². The van der Waals surface area contributed by atoms with E-state index in [1.54, 1.807) is 19.2 Å². The zero-order valence-corrected chi connectivity index (χ0v) is 23.6. The van der Waals surface area contributed by atoms with Crippen LogP contribution in [0.15, 0.2) is 42.5 Å². The van der Waals surface area contributed by atoms with Crippen LogP contribution in [0.25, 0.3) is 0 Å². The second kappa shape index (κ2) is 11.0. The predicted molar refractivity (Wildman–Crippen MR) is 146 cm³/mol. The number of hydrogen-bond donors (Lipinski definition) is 0. The van der Waals surface area contributed by atoms with Crippen LogP contribution in [0.2, 0.25) is 10.0 Å². The molecule has 0 bridgehead atoms. The number of ether oxygens (including phenoxy) is 1. The van der Waals surface area contributed by atoms with E-state index in [2.05, 4.69) is 0 Å². The molecular weight excluding hydrogens is 544 g/mol. The number of halogens is 3. The quantitative estimate of drug-likeness (QED) is 0.465. The number of rotatable bonds is 5. The normalized spacial score (nSPS) is 22.5. The van der Waals surface area contributed by atoms with Gasteiger partial charge in [0.25, 0.3) is 0 Å². The Morgan fingerprint density at radius 2 is 1.64 bits per heavy atom. The van der Waals surface area contributed by atoms with E-state index in [-0.39, 0.29) is 40.9 Å². The number of likely N-dealkylation sites (N-methyl/N-ethyl adjacent to an activating group) is 1. The summed E-state index contributed by atoms with van der Waals surface area (Å²) in [7, 11) is 1.64. The van der Waals surface area contributed by atoms with E-state index in [1.807, 2.05) is 22.8 Å². The fraction of sp³-hybridized carbons (Fsp3) is 0.483. The third-order valence-corrected chi connectivity index (χ3v) is 9.16. The average Bonchev–Trinajstić information content (AvgIpc) is 3.53. The van der Waals surface area contributed by atoms with E-state index in [9.17, 15) is 18.8 Å². The Morgan fingerprint density at radius 3 is 2.26 bits per heavy atom. The van der Waals surface area contributed by atoms with Crippen LogP contribution < -0.4 is 4.74 Å². The lowest BCUT2D eigenvalue weighted by Gasteiger charge is -2.34. The highest BCUT2D eigenvalue weighted by Gasteiger charge is 2.48. The first-order chi connectivity index (χ1) is 18.6. The zero-order valence-electron chi connectivity index (χ0n) is 22.0. The molecular formula is C29H32Cl2FN3O4. The molecule has 0 N–H and O–H groups in total. The first kappa shape index (κ1) is 27.7. The van der Waals surface area contributed by atoms with Gasteiger partial charge in [0, 0.05) is 50.5 Å². The van der Waals surface area contributed by atoms with Crippen LogP contribution in [0.5, 0.6) is 5.75 Å². The van der Waals surface area contributed by atoms with Crippen LogP contribution in [0.1, 0.15) is 44.1 Å². The minimum Gasteiger partial charge on any atom is -0.410 e. The summed E-state index contributed by atoms with van der Waals surface area (Å²) in [6.45, 7) is 3.92. The van der Waals surface area contributed by atoms with Gasteiger partial charge in [-0.3, -0.25) is 9.59 Å². The SMILES string of the molecule is CN(C(=O)Oc1ccc(F)cc1)[C@@H]1CN(C(=O)C2CCN(C(=O)C3(C)CC3)CC2)C[C@@H]1c1ccc(Cl)c(Cl)c1. The van der Waals surface area contributed by atoms with Gasteiger partial charge in [-0.05, 0) is 67.6 Å². The maximum atomic E-state index is 13.7. The summed E-state index contributed by atoms with van der Waals surface area (Å²) in [6.07, 6.45) is 2.52. The molecule has 1 saturated carbocycles. The van der Waals surface area contributed by atoms with Crippen molar-refractivity contribution in [2.24, 2.45) is 11.3 Å². The minimum atomic E-state index is -0.605. The van der Waals surface area contributed by atoms with Crippen LogP contribution in [0.3, 0.4) is 0 Å². The molecule has 3 aliphatic rings. The fourth-order valence-electron chi connectivity index (χ4n) is 5.61. The second-order valence-electron chi connectivity index (χ2n) is 11.2. The standard InChI is InChI=1S/C29H32Cl2FN3O4/c1-29(11-12-29)27(37)34-13-9-18(10-14-34)26(36)35-16-22(19-3-8-23(30)24(31)15-19)25(17-35)33(2)28(38)39-21-6-4-20(32)5-7-21/h3-8,15,18,22,25H,9-14,16-17H2,1-2H3/t22-,25-/m1/s1. The van der Waals surface area contributed by atoms with Crippen LogP contribution >= 0.6 is 23.2 Å². The van der Waals surface area contributed by atoms with E-state index in [4.69, 9.17) is 27.9 Å². The van der Waals surface area contributed by atoms with E-state index >= 15 is 0 Å². The highest BCUT2D eigenvalue weighted by atomic mass is 35.5. The Labute approximate surface area is 237 Å². The van der Waals surface area contributed by atoms with Gasteiger partial charge in [0.1, 0.15) is 11.6 Å². The molecule has 0 radical (unpaired) electrons. The van der Waals surface area contributed by atoms with Crippen molar-refractivity contribution in [1.82, 2.24) is 14.7 Å². The number of carbonyl (C=O) groups excluding carboxylic acids is 3. The molecule has 0 spiro atoms. The Kier molecular flexibility index (Phi) is 7.80. The topological polar surface area (TPSA) is 70.2 Å². The Balaban J connectivity index is 1.30. The van der Waals surface area contributed by atoms with Gasteiger partial charge in [0.05, 0.1) is 16.1 Å². The first-order valence-electron chi connectivity index (χ1n) is 13.3. The van der Waals surface area contributed by atoms with E-state index < -0.39 is 11.9 Å². The highest BCUT2D eigenvalue weighted by Crippen LogP contribution is 2.47. The maximum absolute atomic E-state index is 13.7. The molecule has 2 aromatic carbocycles. The average molecular weight is 576 g/mol. The zero-order chi connectivity index (χ0) is 27.9. The van der Waals surface area contributed by atoms with E-state index in [1.165, 1.54) is 29.2 Å². The van der Waals surface area contributed by atoms with Crippen LogP contribution in [0, 0.1) is 17.2 Å². The Bertz CT molecular complexity index is 1260. The number of carbonyl (C=O) groups is 3. The summed E-state index contributed by atoms with van der Waals surface area (Å²) in [4.78, 5) is 44.7.